The number of benzene rings is 1. The van der Waals surface area contributed by atoms with Gasteiger partial charge in [0.1, 0.15) is 11.6 Å². The van der Waals surface area contributed by atoms with E-state index in [9.17, 15) is 9.59 Å². The van der Waals surface area contributed by atoms with Crippen LogP contribution in [0.2, 0.25) is 0 Å². The first-order chi connectivity index (χ1) is 11.2. The lowest BCUT2D eigenvalue weighted by atomic mass is 10.1. The third kappa shape index (κ3) is 2.57. The highest BCUT2D eigenvalue weighted by molar-refractivity contribution is 6.48. The maximum atomic E-state index is 12.5. The molecule has 0 unspecified atom stereocenters. The normalized spacial score (nSPS) is 10.7. The minimum absolute atomic E-state index is 0.275. The Labute approximate surface area is 132 Å². The number of ketones is 1. The number of H-pyrrole nitrogens is 1. The van der Waals surface area contributed by atoms with Crippen molar-refractivity contribution in [2.45, 2.75) is 13.5 Å². The number of Topliss-reactive ketones (excluding diaryl/α,β-unsaturated/α-hetero) is 1. The number of fused-ring (bicyclic) bond motifs is 1. The lowest BCUT2D eigenvalue weighted by Crippen LogP contribution is -2.24. The monoisotopic (exact) mass is 312 g/mol. The third-order valence-electron chi connectivity index (χ3n) is 3.60. The van der Waals surface area contributed by atoms with Gasteiger partial charge >= 0.3 is 0 Å². The van der Waals surface area contributed by atoms with Crippen molar-refractivity contribution < 1.29 is 14.3 Å². The molecule has 0 radical (unpaired) electrons. The van der Waals surface area contributed by atoms with Crippen molar-refractivity contribution in [1.82, 2.24) is 14.8 Å². The van der Waals surface area contributed by atoms with Crippen molar-refractivity contribution in [3.63, 3.8) is 0 Å². The number of aromatic amines is 1. The largest absolute Gasteiger partial charge is 0.496 e. The molecule has 1 amide bonds. The van der Waals surface area contributed by atoms with Crippen LogP contribution in [0.15, 0.2) is 36.7 Å². The van der Waals surface area contributed by atoms with E-state index >= 15 is 0 Å². The SMILES string of the molecule is CCn1nccc1NC(=O)C(=O)c1c[nH]c2cccc(OC)c12. The van der Waals surface area contributed by atoms with Gasteiger partial charge in [0.15, 0.2) is 0 Å². The van der Waals surface area contributed by atoms with Gasteiger partial charge in [0.2, 0.25) is 0 Å². The van der Waals surface area contributed by atoms with E-state index in [1.807, 2.05) is 19.1 Å². The van der Waals surface area contributed by atoms with Crippen LogP contribution in [0, 0.1) is 0 Å². The number of methoxy groups -OCH3 is 1. The van der Waals surface area contributed by atoms with E-state index in [0.717, 1.165) is 5.52 Å². The van der Waals surface area contributed by atoms with Crippen LogP contribution in [-0.2, 0) is 11.3 Å². The van der Waals surface area contributed by atoms with Gasteiger partial charge in [-0.05, 0) is 19.1 Å². The first-order valence-corrected chi connectivity index (χ1v) is 7.17. The fraction of sp³-hybridized carbons (Fsp3) is 0.188. The van der Waals surface area contributed by atoms with Crippen LogP contribution < -0.4 is 10.1 Å². The van der Waals surface area contributed by atoms with Crippen LogP contribution in [0.5, 0.6) is 5.75 Å². The molecule has 3 rings (SSSR count). The zero-order valence-corrected chi connectivity index (χ0v) is 12.8. The second-order valence-corrected chi connectivity index (χ2v) is 4.90. The van der Waals surface area contributed by atoms with Gasteiger partial charge in [-0.2, -0.15) is 5.10 Å². The predicted octanol–water partition coefficient (Wildman–Crippen LogP) is 2.21. The molecule has 2 N–H and O–H groups in total. The molecule has 2 heterocycles. The molecule has 118 valence electrons. The number of carbonyl (C=O) groups is 2. The number of aryl methyl sites for hydroxylation is 1. The first kappa shape index (κ1) is 14.8. The molecule has 2 aromatic heterocycles. The molecule has 7 heteroatoms. The Bertz CT molecular complexity index is 878. The summed E-state index contributed by atoms with van der Waals surface area (Å²) in [5.74, 6) is -0.326. The van der Waals surface area contributed by atoms with Crippen LogP contribution in [0.1, 0.15) is 17.3 Å². The van der Waals surface area contributed by atoms with E-state index in [0.29, 0.717) is 23.5 Å². The molecule has 0 aliphatic carbocycles. The van der Waals surface area contributed by atoms with Crippen molar-refractivity contribution in [1.29, 1.82) is 0 Å². The average Bonchev–Trinajstić information content (AvgIpc) is 3.20. The summed E-state index contributed by atoms with van der Waals surface area (Å²) in [6.07, 6.45) is 3.09. The molecule has 0 saturated carbocycles. The van der Waals surface area contributed by atoms with Crippen molar-refractivity contribution in [2.75, 3.05) is 12.4 Å². The Kier molecular flexibility index (Phi) is 3.84. The maximum absolute atomic E-state index is 12.5. The van der Waals surface area contributed by atoms with Crippen LogP contribution in [0.25, 0.3) is 10.9 Å². The number of hydrogen-bond donors (Lipinski definition) is 2. The van der Waals surface area contributed by atoms with Gasteiger partial charge in [0.25, 0.3) is 11.7 Å². The van der Waals surface area contributed by atoms with E-state index < -0.39 is 11.7 Å². The molecule has 0 saturated heterocycles. The molecule has 0 spiro atoms. The van der Waals surface area contributed by atoms with Gasteiger partial charge in [0, 0.05) is 24.3 Å². The van der Waals surface area contributed by atoms with Crippen molar-refractivity contribution in [2.24, 2.45) is 0 Å². The summed E-state index contributed by atoms with van der Waals surface area (Å²) in [6, 6.07) is 7.02. The number of ether oxygens (including phenoxy) is 1. The Morgan fingerprint density at radius 3 is 2.91 bits per heavy atom. The number of aromatic nitrogens is 3. The molecular formula is C16H16N4O3. The summed E-state index contributed by atoms with van der Waals surface area (Å²) in [4.78, 5) is 27.7. The number of hydrogen-bond acceptors (Lipinski definition) is 4. The third-order valence-corrected chi connectivity index (χ3v) is 3.60. The number of nitrogens with one attached hydrogen (secondary N) is 2. The van der Waals surface area contributed by atoms with Crippen molar-refractivity contribution in [3.05, 3.63) is 42.2 Å². The second-order valence-electron chi connectivity index (χ2n) is 4.90. The standard InChI is InChI=1S/C16H16N4O3/c1-3-20-13(7-8-18-20)19-16(22)15(21)10-9-17-11-5-4-6-12(23-2)14(10)11/h4-9,17H,3H2,1-2H3,(H,19,22). The van der Waals surface area contributed by atoms with E-state index in [4.69, 9.17) is 4.74 Å². The number of amides is 1. The van der Waals surface area contributed by atoms with E-state index in [1.165, 1.54) is 13.3 Å². The van der Waals surface area contributed by atoms with Crippen LogP contribution >= 0.6 is 0 Å². The summed E-state index contributed by atoms with van der Waals surface area (Å²) in [5, 5.41) is 7.24. The maximum Gasteiger partial charge on any atom is 0.297 e. The summed E-state index contributed by atoms with van der Waals surface area (Å²) in [6.45, 7) is 2.49. The molecule has 0 atom stereocenters. The van der Waals surface area contributed by atoms with E-state index in [-0.39, 0.29) is 5.56 Å². The minimum Gasteiger partial charge on any atom is -0.496 e. The van der Waals surface area contributed by atoms with E-state index in [1.54, 1.807) is 23.0 Å². The zero-order chi connectivity index (χ0) is 16.4. The quantitative estimate of drug-likeness (QED) is 0.558. The predicted molar refractivity (Wildman–Crippen MR) is 85.7 cm³/mol. The Morgan fingerprint density at radius 2 is 2.17 bits per heavy atom. The number of rotatable bonds is 5. The molecule has 0 bridgehead atoms. The Morgan fingerprint density at radius 1 is 1.35 bits per heavy atom. The smallest absolute Gasteiger partial charge is 0.297 e. The van der Waals surface area contributed by atoms with Crippen molar-refractivity contribution >= 4 is 28.4 Å². The molecule has 0 aliphatic rings. The number of carbonyl (C=O) groups excluding carboxylic acids is 2. The average molecular weight is 312 g/mol. The highest BCUT2D eigenvalue weighted by Crippen LogP contribution is 2.29. The van der Waals surface area contributed by atoms with Crippen LogP contribution in [-0.4, -0.2) is 33.6 Å². The summed E-state index contributed by atoms with van der Waals surface area (Å²) in [7, 11) is 1.52. The van der Waals surface area contributed by atoms with Crippen LogP contribution in [0.3, 0.4) is 0 Å². The molecular weight excluding hydrogens is 296 g/mol. The van der Waals surface area contributed by atoms with Crippen molar-refractivity contribution in [3.8, 4) is 5.75 Å². The van der Waals surface area contributed by atoms with Gasteiger partial charge in [-0.3, -0.25) is 9.59 Å². The Balaban J connectivity index is 1.93. The number of anilines is 1. The minimum atomic E-state index is -0.716. The second kappa shape index (κ2) is 5.96. The molecule has 1 aromatic carbocycles. The lowest BCUT2D eigenvalue weighted by Gasteiger charge is -2.07. The fourth-order valence-corrected chi connectivity index (χ4v) is 2.49. The highest BCUT2D eigenvalue weighted by atomic mass is 16.5. The summed E-state index contributed by atoms with van der Waals surface area (Å²) in [5.41, 5.74) is 1.01. The van der Waals surface area contributed by atoms with Gasteiger partial charge in [0.05, 0.1) is 24.3 Å². The summed E-state index contributed by atoms with van der Waals surface area (Å²) < 4.78 is 6.88. The lowest BCUT2D eigenvalue weighted by molar-refractivity contribution is -0.112. The molecule has 7 nitrogen and oxygen atoms in total. The van der Waals surface area contributed by atoms with Gasteiger partial charge < -0.3 is 15.0 Å². The topological polar surface area (TPSA) is 89.0 Å². The molecule has 0 aliphatic heterocycles. The summed E-state index contributed by atoms with van der Waals surface area (Å²) >= 11 is 0. The van der Waals surface area contributed by atoms with Gasteiger partial charge in [-0.25, -0.2) is 4.68 Å². The van der Waals surface area contributed by atoms with Gasteiger partial charge in [-0.15, -0.1) is 0 Å². The zero-order valence-electron chi connectivity index (χ0n) is 12.8. The fourth-order valence-electron chi connectivity index (χ4n) is 2.49. The van der Waals surface area contributed by atoms with Crippen LogP contribution in [0.4, 0.5) is 5.82 Å². The molecule has 3 aromatic rings. The van der Waals surface area contributed by atoms with E-state index in [2.05, 4.69) is 15.4 Å². The number of nitrogens with zero attached hydrogens (tertiary/aromatic N) is 2. The molecule has 23 heavy (non-hydrogen) atoms. The Hall–Kier alpha value is -3.09. The highest BCUT2D eigenvalue weighted by Gasteiger charge is 2.22. The molecule has 0 fully saturated rings. The first-order valence-electron chi connectivity index (χ1n) is 7.17. The van der Waals surface area contributed by atoms with Gasteiger partial charge in [-0.1, -0.05) is 6.07 Å².